The van der Waals surface area contributed by atoms with Gasteiger partial charge in [-0.1, -0.05) is 6.07 Å². The summed E-state index contributed by atoms with van der Waals surface area (Å²) in [6.07, 6.45) is 3.62. The van der Waals surface area contributed by atoms with Gasteiger partial charge in [-0.15, -0.1) is 0 Å². The van der Waals surface area contributed by atoms with E-state index in [9.17, 15) is 0 Å². The highest BCUT2D eigenvalue weighted by Gasteiger charge is 2.25. The van der Waals surface area contributed by atoms with Crippen molar-refractivity contribution in [2.75, 3.05) is 19.8 Å². The van der Waals surface area contributed by atoms with E-state index < -0.39 is 0 Å². The molecule has 2 heterocycles. The normalized spacial score (nSPS) is 26.9. The Morgan fingerprint density at radius 1 is 1.62 bits per heavy atom. The summed E-state index contributed by atoms with van der Waals surface area (Å²) in [5.41, 5.74) is 1.20. The summed E-state index contributed by atoms with van der Waals surface area (Å²) in [6.45, 7) is 4.58. The number of nitrogens with zero attached hydrogens (tertiary/aromatic N) is 2. The molecule has 0 saturated carbocycles. The molecule has 1 aromatic heterocycles. The Hall–Kier alpha value is -0.970. The van der Waals surface area contributed by atoms with Crippen LogP contribution in [0.4, 0.5) is 0 Å². The van der Waals surface area contributed by atoms with Crippen LogP contribution in [-0.4, -0.2) is 46.9 Å². The lowest BCUT2D eigenvalue weighted by atomic mass is 10.1. The molecule has 2 atom stereocenters. The maximum atomic E-state index is 9.10. The van der Waals surface area contributed by atoms with Crippen LogP contribution in [0.1, 0.15) is 12.5 Å². The van der Waals surface area contributed by atoms with Gasteiger partial charge in [0.15, 0.2) is 0 Å². The Kier molecular flexibility index (Phi) is 3.88. The lowest BCUT2D eigenvalue weighted by molar-refractivity contribution is -0.0805. The minimum atomic E-state index is -0.0483. The second-order valence-electron chi connectivity index (χ2n) is 4.28. The molecule has 0 bridgehead atoms. The van der Waals surface area contributed by atoms with Crippen LogP contribution in [-0.2, 0) is 11.3 Å². The van der Waals surface area contributed by atoms with Crippen LogP contribution in [0.2, 0.25) is 0 Å². The third-order valence-electron chi connectivity index (χ3n) is 2.95. The van der Waals surface area contributed by atoms with Crippen molar-refractivity contribution < 1.29 is 9.84 Å². The molecule has 0 radical (unpaired) electrons. The molecule has 1 saturated heterocycles. The molecule has 2 rings (SSSR count). The minimum Gasteiger partial charge on any atom is -0.394 e. The van der Waals surface area contributed by atoms with E-state index in [1.165, 1.54) is 5.56 Å². The SMILES string of the molecule is CC1COC(CO)CN1Cc1cccnc1. The van der Waals surface area contributed by atoms with Gasteiger partial charge in [-0.3, -0.25) is 9.88 Å². The number of ether oxygens (including phenoxy) is 1. The van der Waals surface area contributed by atoms with Gasteiger partial charge in [-0.25, -0.2) is 0 Å². The van der Waals surface area contributed by atoms with Gasteiger partial charge >= 0.3 is 0 Å². The predicted octanol–water partition coefficient (Wildman–Crippen LogP) is 0.663. The van der Waals surface area contributed by atoms with Crippen LogP contribution < -0.4 is 0 Å². The summed E-state index contributed by atoms with van der Waals surface area (Å²) in [6, 6.07) is 4.41. The number of aliphatic hydroxyl groups excluding tert-OH is 1. The second-order valence-corrected chi connectivity index (χ2v) is 4.28. The van der Waals surface area contributed by atoms with Gasteiger partial charge in [0.25, 0.3) is 0 Å². The van der Waals surface area contributed by atoms with Crippen LogP contribution in [0.25, 0.3) is 0 Å². The Balaban J connectivity index is 1.97. The minimum absolute atomic E-state index is 0.0483. The quantitative estimate of drug-likeness (QED) is 0.816. The van der Waals surface area contributed by atoms with E-state index in [4.69, 9.17) is 9.84 Å². The molecule has 0 spiro atoms. The second kappa shape index (κ2) is 5.39. The molecule has 16 heavy (non-hydrogen) atoms. The van der Waals surface area contributed by atoms with Crippen molar-refractivity contribution in [3.63, 3.8) is 0 Å². The number of aromatic nitrogens is 1. The van der Waals surface area contributed by atoms with Gasteiger partial charge < -0.3 is 9.84 Å². The first-order chi connectivity index (χ1) is 7.79. The van der Waals surface area contributed by atoms with Crippen molar-refractivity contribution >= 4 is 0 Å². The summed E-state index contributed by atoms with van der Waals surface area (Å²) in [4.78, 5) is 6.43. The van der Waals surface area contributed by atoms with Gasteiger partial charge in [-0.05, 0) is 18.6 Å². The fraction of sp³-hybridized carbons (Fsp3) is 0.583. The molecule has 2 unspecified atom stereocenters. The molecule has 0 amide bonds. The molecule has 1 fully saturated rings. The van der Waals surface area contributed by atoms with Crippen LogP contribution in [0.15, 0.2) is 24.5 Å². The number of hydrogen-bond donors (Lipinski definition) is 1. The monoisotopic (exact) mass is 222 g/mol. The van der Waals surface area contributed by atoms with E-state index in [0.29, 0.717) is 12.6 Å². The Bertz CT molecular complexity index is 318. The van der Waals surface area contributed by atoms with E-state index in [0.717, 1.165) is 13.1 Å². The maximum Gasteiger partial charge on any atom is 0.0933 e. The number of rotatable bonds is 3. The number of aliphatic hydroxyl groups is 1. The molecule has 1 aromatic rings. The number of pyridine rings is 1. The van der Waals surface area contributed by atoms with Crippen molar-refractivity contribution in [1.82, 2.24) is 9.88 Å². The molecule has 4 nitrogen and oxygen atoms in total. The number of morpholine rings is 1. The summed E-state index contributed by atoms with van der Waals surface area (Å²) in [7, 11) is 0. The van der Waals surface area contributed by atoms with Gasteiger partial charge in [0.05, 0.1) is 19.3 Å². The van der Waals surface area contributed by atoms with Gasteiger partial charge in [0.1, 0.15) is 0 Å². The first-order valence-corrected chi connectivity index (χ1v) is 5.65. The third kappa shape index (κ3) is 2.78. The average molecular weight is 222 g/mol. The van der Waals surface area contributed by atoms with Gasteiger partial charge in [-0.2, -0.15) is 0 Å². The molecule has 0 aliphatic carbocycles. The van der Waals surface area contributed by atoms with E-state index in [1.807, 2.05) is 12.3 Å². The Morgan fingerprint density at radius 2 is 2.50 bits per heavy atom. The van der Waals surface area contributed by atoms with Crippen LogP contribution in [0.3, 0.4) is 0 Å². The third-order valence-corrected chi connectivity index (χ3v) is 2.95. The zero-order chi connectivity index (χ0) is 11.4. The van der Waals surface area contributed by atoms with E-state index in [2.05, 4.69) is 22.9 Å². The fourth-order valence-electron chi connectivity index (χ4n) is 1.93. The summed E-state index contributed by atoms with van der Waals surface area (Å²) in [5.74, 6) is 0. The highest BCUT2D eigenvalue weighted by molar-refractivity contribution is 5.08. The predicted molar refractivity (Wildman–Crippen MR) is 60.9 cm³/mol. The molecule has 1 aliphatic rings. The smallest absolute Gasteiger partial charge is 0.0933 e. The first kappa shape index (κ1) is 11.5. The highest BCUT2D eigenvalue weighted by Crippen LogP contribution is 2.14. The van der Waals surface area contributed by atoms with E-state index in [-0.39, 0.29) is 12.7 Å². The van der Waals surface area contributed by atoms with Crippen molar-refractivity contribution in [2.24, 2.45) is 0 Å². The van der Waals surface area contributed by atoms with Crippen molar-refractivity contribution in [3.8, 4) is 0 Å². The van der Waals surface area contributed by atoms with Gasteiger partial charge in [0, 0.05) is 31.5 Å². The molecule has 1 N–H and O–H groups in total. The summed E-state index contributed by atoms with van der Waals surface area (Å²) in [5, 5.41) is 9.10. The summed E-state index contributed by atoms with van der Waals surface area (Å²) < 4.78 is 5.50. The maximum absolute atomic E-state index is 9.10. The topological polar surface area (TPSA) is 45.6 Å². The molecule has 0 aromatic carbocycles. The lowest BCUT2D eigenvalue weighted by Crippen LogP contribution is -2.48. The molecular formula is C12H18N2O2. The molecule has 88 valence electrons. The van der Waals surface area contributed by atoms with Gasteiger partial charge in [0.2, 0.25) is 0 Å². The lowest BCUT2D eigenvalue weighted by Gasteiger charge is -2.37. The Labute approximate surface area is 95.9 Å². The first-order valence-electron chi connectivity index (χ1n) is 5.65. The fourth-order valence-corrected chi connectivity index (χ4v) is 1.93. The van der Waals surface area contributed by atoms with Crippen molar-refractivity contribution in [3.05, 3.63) is 30.1 Å². The molecular weight excluding hydrogens is 204 g/mol. The van der Waals surface area contributed by atoms with E-state index in [1.54, 1.807) is 6.20 Å². The zero-order valence-electron chi connectivity index (χ0n) is 9.54. The standard InChI is InChI=1S/C12H18N2O2/c1-10-9-16-12(8-15)7-14(10)6-11-3-2-4-13-5-11/h2-5,10,12,15H,6-9H2,1H3. The van der Waals surface area contributed by atoms with Crippen LogP contribution >= 0.6 is 0 Å². The van der Waals surface area contributed by atoms with Crippen LogP contribution in [0.5, 0.6) is 0 Å². The highest BCUT2D eigenvalue weighted by atomic mass is 16.5. The zero-order valence-corrected chi connectivity index (χ0v) is 9.54. The number of hydrogen-bond acceptors (Lipinski definition) is 4. The molecule has 4 heteroatoms. The molecule has 1 aliphatic heterocycles. The Morgan fingerprint density at radius 3 is 3.19 bits per heavy atom. The van der Waals surface area contributed by atoms with Crippen LogP contribution in [0, 0.1) is 0 Å². The summed E-state index contributed by atoms with van der Waals surface area (Å²) >= 11 is 0. The van der Waals surface area contributed by atoms with Crippen molar-refractivity contribution in [2.45, 2.75) is 25.6 Å². The van der Waals surface area contributed by atoms with E-state index >= 15 is 0 Å². The largest absolute Gasteiger partial charge is 0.394 e. The average Bonchev–Trinajstić information content (AvgIpc) is 2.33. The van der Waals surface area contributed by atoms with Crippen molar-refractivity contribution in [1.29, 1.82) is 0 Å².